The van der Waals surface area contributed by atoms with Crippen molar-refractivity contribution in [2.75, 3.05) is 20.3 Å². The van der Waals surface area contributed by atoms with Crippen LogP contribution in [-0.2, 0) is 4.74 Å². The normalized spacial score (nSPS) is 10.3. The molecule has 1 aromatic heterocycles. The molecule has 1 amide bonds. The van der Waals surface area contributed by atoms with Crippen molar-refractivity contribution in [1.82, 2.24) is 5.32 Å². The number of methoxy groups -OCH3 is 1. The van der Waals surface area contributed by atoms with Gasteiger partial charge >= 0.3 is 5.97 Å². The molecule has 0 aliphatic heterocycles. The summed E-state index contributed by atoms with van der Waals surface area (Å²) in [7, 11) is 1.31. The van der Waals surface area contributed by atoms with Gasteiger partial charge in [0.1, 0.15) is 17.2 Å². The SMILES string of the molecule is COC(=O)c1ccc(C(=O)NCCOc2ccccc2-c2ccccc2)s1. The van der Waals surface area contributed by atoms with E-state index in [1.54, 1.807) is 12.1 Å². The molecule has 1 N–H and O–H groups in total. The van der Waals surface area contributed by atoms with Crippen molar-refractivity contribution in [2.24, 2.45) is 0 Å². The van der Waals surface area contributed by atoms with Crippen LogP contribution in [0.4, 0.5) is 0 Å². The van der Waals surface area contributed by atoms with Gasteiger partial charge in [-0.25, -0.2) is 4.79 Å². The first-order valence-electron chi connectivity index (χ1n) is 8.42. The van der Waals surface area contributed by atoms with E-state index < -0.39 is 5.97 Å². The Labute approximate surface area is 161 Å². The predicted octanol–water partition coefficient (Wildman–Crippen LogP) is 4.01. The number of amides is 1. The highest BCUT2D eigenvalue weighted by molar-refractivity contribution is 7.15. The van der Waals surface area contributed by atoms with Crippen LogP contribution in [0, 0.1) is 0 Å². The monoisotopic (exact) mass is 381 g/mol. The van der Waals surface area contributed by atoms with E-state index in [0.29, 0.717) is 22.9 Å². The third kappa shape index (κ3) is 4.74. The zero-order valence-corrected chi connectivity index (χ0v) is 15.6. The molecule has 138 valence electrons. The molecule has 0 atom stereocenters. The maximum atomic E-state index is 12.2. The largest absolute Gasteiger partial charge is 0.491 e. The fourth-order valence-electron chi connectivity index (χ4n) is 2.53. The van der Waals surface area contributed by atoms with Crippen LogP contribution in [0.15, 0.2) is 66.7 Å². The van der Waals surface area contributed by atoms with Gasteiger partial charge in [0.25, 0.3) is 5.91 Å². The van der Waals surface area contributed by atoms with Gasteiger partial charge < -0.3 is 14.8 Å². The minimum atomic E-state index is -0.445. The topological polar surface area (TPSA) is 64.6 Å². The number of rotatable bonds is 7. The van der Waals surface area contributed by atoms with Gasteiger partial charge in [0, 0.05) is 5.56 Å². The molecule has 0 spiro atoms. The fraction of sp³-hybridized carbons (Fsp3) is 0.143. The third-order valence-electron chi connectivity index (χ3n) is 3.83. The minimum Gasteiger partial charge on any atom is -0.491 e. The summed E-state index contributed by atoms with van der Waals surface area (Å²) in [5, 5.41) is 2.79. The molecule has 3 rings (SSSR count). The molecular formula is C21H19NO4S. The van der Waals surface area contributed by atoms with Crippen LogP contribution >= 0.6 is 11.3 Å². The van der Waals surface area contributed by atoms with Crippen LogP contribution in [0.5, 0.6) is 5.75 Å². The molecule has 0 radical (unpaired) electrons. The lowest BCUT2D eigenvalue weighted by atomic mass is 10.1. The summed E-state index contributed by atoms with van der Waals surface area (Å²) in [6.45, 7) is 0.693. The molecule has 0 aliphatic carbocycles. The van der Waals surface area contributed by atoms with Gasteiger partial charge in [-0.2, -0.15) is 0 Å². The van der Waals surface area contributed by atoms with Crippen molar-refractivity contribution in [1.29, 1.82) is 0 Å². The number of esters is 1. The Kier molecular flexibility index (Phi) is 6.22. The van der Waals surface area contributed by atoms with E-state index in [0.717, 1.165) is 28.2 Å². The van der Waals surface area contributed by atoms with Crippen LogP contribution in [0.25, 0.3) is 11.1 Å². The first-order valence-corrected chi connectivity index (χ1v) is 9.24. The lowest BCUT2D eigenvalue weighted by Crippen LogP contribution is -2.27. The third-order valence-corrected chi connectivity index (χ3v) is 4.90. The number of nitrogens with one attached hydrogen (secondary N) is 1. The van der Waals surface area contributed by atoms with Gasteiger partial charge in [-0.15, -0.1) is 11.3 Å². The van der Waals surface area contributed by atoms with Gasteiger partial charge in [-0.3, -0.25) is 4.79 Å². The van der Waals surface area contributed by atoms with Gasteiger partial charge in [-0.05, 0) is 23.8 Å². The standard InChI is InChI=1S/C21H19NO4S/c1-25-21(24)19-12-11-18(27-19)20(23)22-13-14-26-17-10-6-5-9-16(17)15-7-3-2-4-8-15/h2-12H,13-14H2,1H3,(H,22,23). The summed E-state index contributed by atoms with van der Waals surface area (Å²) in [5.41, 5.74) is 2.08. The van der Waals surface area contributed by atoms with E-state index in [9.17, 15) is 9.59 Å². The Morgan fingerprint density at radius 1 is 0.926 bits per heavy atom. The quantitative estimate of drug-likeness (QED) is 0.496. The van der Waals surface area contributed by atoms with Gasteiger partial charge in [0.2, 0.25) is 0 Å². The zero-order chi connectivity index (χ0) is 19.1. The highest BCUT2D eigenvalue weighted by Crippen LogP contribution is 2.29. The Bertz CT molecular complexity index is 921. The van der Waals surface area contributed by atoms with Crippen molar-refractivity contribution in [2.45, 2.75) is 0 Å². The molecular weight excluding hydrogens is 362 g/mol. The molecule has 27 heavy (non-hydrogen) atoms. The van der Waals surface area contributed by atoms with E-state index in [-0.39, 0.29) is 5.91 Å². The van der Waals surface area contributed by atoms with Crippen molar-refractivity contribution in [3.05, 3.63) is 76.5 Å². The minimum absolute atomic E-state index is 0.241. The molecule has 0 fully saturated rings. The second-order valence-corrected chi connectivity index (χ2v) is 6.71. The summed E-state index contributed by atoms with van der Waals surface area (Å²) < 4.78 is 10.5. The maximum absolute atomic E-state index is 12.2. The second-order valence-electron chi connectivity index (χ2n) is 5.62. The van der Waals surface area contributed by atoms with Crippen molar-refractivity contribution in [3.8, 4) is 16.9 Å². The molecule has 3 aromatic rings. The summed E-state index contributed by atoms with van der Waals surface area (Å²) in [6.07, 6.45) is 0. The number of para-hydroxylation sites is 1. The second kappa shape index (κ2) is 9.00. The smallest absolute Gasteiger partial charge is 0.348 e. The van der Waals surface area contributed by atoms with Gasteiger partial charge in [0.05, 0.1) is 18.5 Å². The van der Waals surface area contributed by atoms with Crippen molar-refractivity contribution in [3.63, 3.8) is 0 Å². The number of thiophene rings is 1. The van der Waals surface area contributed by atoms with Gasteiger partial charge in [0.15, 0.2) is 0 Å². The molecule has 1 heterocycles. The van der Waals surface area contributed by atoms with Crippen LogP contribution in [0.2, 0.25) is 0 Å². The molecule has 0 unspecified atom stereocenters. The molecule has 0 aliphatic rings. The zero-order valence-electron chi connectivity index (χ0n) is 14.8. The number of hydrogen-bond acceptors (Lipinski definition) is 5. The molecule has 6 heteroatoms. The molecule has 2 aromatic carbocycles. The molecule has 0 bridgehead atoms. The first kappa shape index (κ1) is 18.7. The molecule has 0 saturated carbocycles. The Morgan fingerprint density at radius 3 is 2.41 bits per heavy atom. The first-order chi connectivity index (χ1) is 13.2. The average Bonchev–Trinajstić information content (AvgIpc) is 3.22. The molecule has 0 saturated heterocycles. The number of hydrogen-bond donors (Lipinski definition) is 1. The number of carbonyl (C=O) groups is 2. The van der Waals surface area contributed by atoms with Crippen molar-refractivity contribution < 1.29 is 19.1 Å². The van der Waals surface area contributed by atoms with E-state index in [2.05, 4.69) is 10.1 Å². The van der Waals surface area contributed by atoms with E-state index >= 15 is 0 Å². The number of benzene rings is 2. The lowest BCUT2D eigenvalue weighted by Gasteiger charge is -2.12. The average molecular weight is 381 g/mol. The lowest BCUT2D eigenvalue weighted by molar-refractivity contribution is 0.0606. The summed E-state index contributed by atoms with van der Waals surface area (Å²) in [6, 6.07) is 21.0. The van der Waals surface area contributed by atoms with E-state index in [1.165, 1.54) is 7.11 Å². The summed E-state index contributed by atoms with van der Waals surface area (Å²) >= 11 is 1.10. The number of carbonyl (C=O) groups excluding carboxylic acids is 2. The van der Waals surface area contributed by atoms with Crippen LogP contribution in [0.3, 0.4) is 0 Å². The van der Waals surface area contributed by atoms with E-state index in [4.69, 9.17) is 4.74 Å². The summed E-state index contributed by atoms with van der Waals surface area (Å²) in [5.74, 6) is 0.0806. The fourth-order valence-corrected chi connectivity index (χ4v) is 3.37. The maximum Gasteiger partial charge on any atom is 0.348 e. The van der Waals surface area contributed by atoms with Crippen molar-refractivity contribution >= 4 is 23.2 Å². The van der Waals surface area contributed by atoms with Gasteiger partial charge in [-0.1, -0.05) is 48.5 Å². The van der Waals surface area contributed by atoms with Crippen LogP contribution in [-0.4, -0.2) is 32.1 Å². The Balaban J connectivity index is 1.54. The predicted molar refractivity (Wildman–Crippen MR) is 105 cm³/mol. The van der Waals surface area contributed by atoms with Crippen LogP contribution in [0.1, 0.15) is 19.3 Å². The van der Waals surface area contributed by atoms with E-state index in [1.807, 2.05) is 54.6 Å². The highest BCUT2D eigenvalue weighted by atomic mass is 32.1. The number of ether oxygens (including phenoxy) is 2. The Morgan fingerprint density at radius 2 is 1.63 bits per heavy atom. The molecule has 5 nitrogen and oxygen atoms in total. The summed E-state index contributed by atoms with van der Waals surface area (Å²) in [4.78, 5) is 24.5. The highest BCUT2D eigenvalue weighted by Gasteiger charge is 2.13. The van der Waals surface area contributed by atoms with Crippen LogP contribution < -0.4 is 10.1 Å². The Hall–Kier alpha value is -3.12.